The second-order valence-corrected chi connectivity index (χ2v) is 4.45. The number of carbonyl (C=O) groups is 1. The van der Waals surface area contributed by atoms with Gasteiger partial charge in [0.05, 0.1) is 17.4 Å². The van der Waals surface area contributed by atoms with Gasteiger partial charge in [0.1, 0.15) is 19.0 Å². The van der Waals surface area contributed by atoms with E-state index >= 15 is 0 Å². The van der Waals surface area contributed by atoms with Gasteiger partial charge in [-0.1, -0.05) is 0 Å². The van der Waals surface area contributed by atoms with Crippen LogP contribution in [-0.2, 0) is 0 Å². The molecule has 0 fully saturated rings. The standard InChI is InChI=1S/C14H13N3O4/c15-10-7-16-13(6-9(10)14(18)19)17-8-1-2-11-12(5-8)21-4-3-20-11/h1-2,5-7H,3-4,15H2,(H,16,17)(H,18,19). The van der Waals surface area contributed by atoms with Gasteiger partial charge in [-0.25, -0.2) is 9.78 Å². The Morgan fingerprint density at radius 1 is 1.24 bits per heavy atom. The lowest BCUT2D eigenvalue weighted by Gasteiger charge is -2.19. The number of aromatic nitrogens is 1. The van der Waals surface area contributed by atoms with Crippen LogP contribution in [0.1, 0.15) is 10.4 Å². The number of anilines is 3. The van der Waals surface area contributed by atoms with E-state index in [4.69, 9.17) is 20.3 Å². The molecule has 0 aliphatic carbocycles. The zero-order chi connectivity index (χ0) is 14.8. The maximum absolute atomic E-state index is 11.0. The lowest BCUT2D eigenvalue weighted by molar-refractivity contribution is 0.0698. The second kappa shape index (κ2) is 5.20. The van der Waals surface area contributed by atoms with E-state index in [1.165, 1.54) is 12.3 Å². The van der Waals surface area contributed by atoms with Crippen LogP contribution in [0, 0.1) is 0 Å². The fourth-order valence-electron chi connectivity index (χ4n) is 1.99. The highest BCUT2D eigenvalue weighted by Gasteiger charge is 2.13. The molecule has 0 spiro atoms. The van der Waals surface area contributed by atoms with Crippen molar-refractivity contribution in [1.29, 1.82) is 0 Å². The minimum Gasteiger partial charge on any atom is -0.486 e. The van der Waals surface area contributed by atoms with Gasteiger partial charge < -0.3 is 25.6 Å². The number of hydrogen-bond acceptors (Lipinski definition) is 6. The molecule has 4 N–H and O–H groups in total. The number of nitrogens with two attached hydrogens (primary N) is 1. The van der Waals surface area contributed by atoms with Crippen molar-refractivity contribution in [3.05, 3.63) is 36.0 Å². The smallest absolute Gasteiger partial charge is 0.337 e. The van der Waals surface area contributed by atoms with Crippen LogP contribution in [0.2, 0.25) is 0 Å². The van der Waals surface area contributed by atoms with Crippen molar-refractivity contribution in [3.63, 3.8) is 0 Å². The number of nitrogens with zero attached hydrogens (tertiary/aromatic N) is 1. The Morgan fingerprint density at radius 2 is 2.00 bits per heavy atom. The quantitative estimate of drug-likeness (QED) is 0.791. The number of nitrogens with one attached hydrogen (secondary N) is 1. The molecule has 0 saturated carbocycles. The number of hydrogen-bond donors (Lipinski definition) is 3. The Morgan fingerprint density at radius 3 is 2.76 bits per heavy atom. The summed E-state index contributed by atoms with van der Waals surface area (Å²) in [6, 6.07) is 6.74. The molecular formula is C14H13N3O4. The number of rotatable bonds is 3. The number of carboxylic acids is 1. The first-order valence-corrected chi connectivity index (χ1v) is 6.29. The van der Waals surface area contributed by atoms with Crippen molar-refractivity contribution in [2.75, 3.05) is 24.3 Å². The van der Waals surface area contributed by atoms with Crippen molar-refractivity contribution in [3.8, 4) is 11.5 Å². The van der Waals surface area contributed by atoms with E-state index in [-0.39, 0.29) is 11.3 Å². The Labute approximate surface area is 120 Å². The molecule has 1 aromatic heterocycles. The molecule has 3 rings (SSSR count). The molecule has 0 saturated heterocycles. The monoisotopic (exact) mass is 287 g/mol. The molecule has 7 heteroatoms. The van der Waals surface area contributed by atoms with Crippen molar-refractivity contribution in [2.24, 2.45) is 0 Å². The van der Waals surface area contributed by atoms with E-state index in [1.807, 2.05) is 0 Å². The van der Waals surface area contributed by atoms with Crippen molar-refractivity contribution in [1.82, 2.24) is 4.98 Å². The van der Waals surface area contributed by atoms with Gasteiger partial charge in [0, 0.05) is 11.8 Å². The summed E-state index contributed by atoms with van der Waals surface area (Å²) in [7, 11) is 0. The summed E-state index contributed by atoms with van der Waals surface area (Å²) >= 11 is 0. The summed E-state index contributed by atoms with van der Waals surface area (Å²) in [5.74, 6) is 0.613. The van der Waals surface area contributed by atoms with Crippen LogP contribution in [0.25, 0.3) is 0 Å². The minimum absolute atomic E-state index is 0.00467. The zero-order valence-electron chi connectivity index (χ0n) is 11.0. The number of fused-ring (bicyclic) bond motifs is 1. The SMILES string of the molecule is Nc1cnc(Nc2ccc3c(c2)OCCO3)cc1C(=O)O. The molecule has 0 unspecified atom stereocenters. The van der Waals surface area contributed by atoms with E-state index in [1.54, 1.807) is 18.2 Å². The Balaban J connectivity index is 1.86. The Hall–Kier alpha value is -2.96. The van der Waals surface area contributed by atoms with E-state index in [2.05, 4.69) is 10.3 Å². The van der Waals surface area contributed by atoms with Crippen LogP contribution in [0.15, 0.2) is 30.5 Å². The van der Waals surface area contributed by atoms with E-state index in [0.29, 0.717) is 36.2 Å². The fraction of sp³-hybridized carbons (Fsp3) is 0.143. The first-order chi connectivity index (χ1) is 10.1. The van der Waals surface area contributed by atoms with Gasteiger partial charge in [0.2, 0.25) is 0 Å². The van der Waals surface area contributed by atoms with Crippen molar-refractivity contribution in [2.45, 2.75) is 0 Å². The van der Waals surface area contributed by atoms with Crippen molar-refractivity contribution >= 4 is 23.2 Å². The van der Waals surface area contributed by atoms with Gasteiger partial charge in [-0.2, -0.15) is 0 Å². The van der Waals surface area contributed by atoms with Gasteiger partial charge in [-0.3, -0.25) is 0 Å². The second-order valence-electron chi connectivity index (χ2n) is 4.45. The minimum atomic E-state index is -1.10. The molecule has 108 valence electrons. The highest BCUT2D eigenvalue weighted by molar-refractivity contribution is 5.94. The Kier molecular flexibility index (Phi) is 3.23. The molecule has 2 aromatic rings. The normalized spacial score (nSPS) is 12.8. The molecule has 0 radical (unpaired) electrons. The van der Waals surface area contributed by atoms with E-state index in [9.17, 15) is 4.79 Å². The van der Waals surface area contributed by atoms with Crippen LogP contribution < -0.4 is 20.5 Å². The lowest BCUT2D eigenvalue weighted by Crippen LogP contribution is -2.15. The van der Waals surface area contributed by atoms with Crippen LogP contribution >= 0.6 is 0 Å². The van der Waals surface area contributed by atoms with Crippen LogP contribution in [-0.4, -0.2) is 29.3 Å². The molecular weight excluding hydrogens is 274 g/mol. The molecule has 2 heterocycles. The third-order valence-electron chi connectivity index (χ3n) is 2.98. The average molecular weight is 287 g/mol. The summed E-state index contributed by atoms with van der Waals surface area (Å²) in [6.45, 7) is 1.03. The number of nitrogen functional groups attached to an aromatic ring is 1. The predicted octanol–water partition coefficient (Wildman–Crippen LogP) is 1.88. The molecule has 0 amide bonds. The van der Waals surface area contributed by atoms with Gasteiger partial charge in [-0.05, 0) is 18.2 Å². The number of aromatic carboxylic acids is 1. The van der Waals surface area contributed by atoms with E-state index < -0.39 is 5.97 Å². The summed E-state index contributed by atoms with van der Waals surface area (Å²) in [6.07, 6.45) is 1.31. The summed E-state index contributed by atoms with van der Waals surface area (Å²) in [5.41, 5.74) is 6.41. The molecule has 0 bridgehead atoms. The summed E-state index contributed by atoms with van der Waals surface area (Å²) in [5, 5.41) is 12.1. The van der Waals surface area contributed by atoms with Crippen LogP contribution in [0.4, 0.5) is 17.2 Å². The third-order valence-corrected chi connectivity index (χ3v) is 2.98. The maximum Gasteiger partial charge on any atom is 0.337 e. The van der Waals surface area contributed by atoms with Crippen molar-refractivity contribution < 1.29 is 19.4 Å². The first-order valence-electron chi connectivity index (χ1n) is 6.29. The zero-order valence-corrected chi connectivity index (χ0v) is 11.0. The highest BCUT2D eigenvalue weighted by atomic mass is 16.6. The van der Waals surface area contributed by atoms with Crippen LogP contribution in [0.3, 0.4) is 0 Å². The largest absolute Gasteiger partial charge is 0.486 e. The molecule has 1 aromatic carbocycles. The highest BCUT2D eigenvalue weighted by Crippen LogP contribution is 2.33. The maximum atomic E-state index is 11.0. The fourth-order valence-corrected chi connectivity index (χ4v) is 1.99. The molecule has 1 aliphatic rings. The van der Waals surface area contributed by atoms with Crippen LogP contribution in [0.5, 0.6) is 11.5 Å². The Bertz CT molecular complexity index is 703. The molecule has 1 aliphatic heterocycles. The number of pyridine rings is 1. The molecule has 7 nitrogen and oxygen atoms in total. The van der Waals surface area contributed by atoms with Gasteiger partial charge in [0.25, 0.3) is 0 Å². The lowest BCUT2D eigenvalue weighted by atomic mass is 10.2. The number of ether oxygens (including phenoxy) is 2. The van der Waals surface area contributed by atoms with Gasteiger partial charge >= 0.3 is 5.97 Å². The molecule has 0 atom stereocenters. The predicted molar refractivity (Wildman–Crippen MR) is 76.3 cm³/mol. The van der Waals surface area contributed by atoms with E-state index in [0.717, 1.165) is 0 Å². The third kappa shape index (κ3) is 2.66. The molecule has 21 heavy (non-hydrogen) atoms. The van der Waals surface area contributed by atoms with Gasteiger partial charge in [0.15, 0.2) is 11.5 Å². The topological polar surface area (TPSA) is 107 Å². The number of benzene rings is 1. The summed E-state index contributed by atoms with van der Waals surface area (Å²) < 4.78 is 10.9. The van der Waals surface area contributed by atoms with Gasteiger partial charge in [-0.15, -0.1) is 0 Å². The number of carboxylic acid groups (broad SMARTS) is 1. The first kappa shape index (κ1) is 13.0. The summed E-state index contributed by atoms with van der Waals surface area (Å²) in [4.78, 5) is 15.1. The average Bonchev–Trinajstić information content (AvgIpc) is 2.49.